The summed E-state index contributed by atoms with van der Waals surface area (Å²) in [5, 5.41) is 3.09. The zero-order valence-corrected chi connectivity index (χ0v) is 9.38. The van der Waals surface area contributed by atoms with Gasteiger partial charge in [0.2, 0.25) is 0 Å². The van der Waals surface area contributed by atoms with Crippen LogP contribution in [0.3, 0.4) is 0 Å². The van der Waals surface area contributed by atoms with E-state index in [-0.39, 0.29) is 5.92 Å². The Morgan fingerprint density at radius 1 is 1.36 bits per heavy atom. The third-order valence-electron chi connectivity index (χ3n) is 2.58. The van der Waals surface area contributed by atoms with E-state index in [2.05, 4.69) is 21.2 Å². The number of ketones is 1. The fourth-order valence-corrected chi connectivity index (χ4v) is 2.39. The predicted molar refractivity (Wildman–Crippen MR) is 59.4 cm³/mol. The van der Waals surface area contributed by atoms with Gasteiger partial charge in [0.15, 0.2) is 5.78 Å². The fraction of sp³-hybridized carbons (Fsp3) is 0.364. The van der Waals surface area contributed by atoms with Gasteiger partial charge in [-0.15, -0.1) is 0 Å². The zero-order valence-electron chi connectivity index (χ0n) is 7.79. The molecule has 2 rings (SSSR count). The van der Waals surface area contributed by atoms with Gasteiger partial charge in [-0.1, -0.05) is 34.1 Å². The van der Waals surface area contributed by atoms with Crippen molar-refractivity contribution >= 4 is 21.7 Å². The van der Waals surface area contributed by atoms with E-state index in [0.717, 1.165) is 23.0 Å². The minimum atomic E-state index is 0.0758. The first-order valence-electron chi connectivity index (χ1n) is 4.77. The molecule has 1 aromatic carbocycles. The number of carbonyl (C=O) groups is 1. The van der Waals surface area contributed by atoms with Gasteiger partial charge < -0.3 is 5.32 Å². The minimum Gasteiger partial charge on any atom is -0.310 e. The van der Waals surface area contributed by atoms with Gasteiger partial charge >= 0.3 is 0 Å². The summed E-state index contributed by atoms with van der Waals surface area (Å²) in [5.74, 6) is 0.370. The number of piperidine rings is 1. The smallest absolute Gasteiger partial charge is 0.154 e. The summed E-state index contributed by atoms with van der Waals surface area (Å²) in [7, 11) is 0. The molecule has 0 saturated carbocycles. The lowest BCUT2D eigenvalue weighted by Gasteiger charge is -2.22. The molecular formula is C11H12BrNO. The van der Waals surface area contributed by atoms with E-state index in [1.807, 2.05) is 24.3 Å². The van der Waals surface area contributed by atoms with Crippen LogP contribution >= 0.6 is 15.9 Å². The third kappa shape index (κ3) is 1.88. The molecule has 0 aliphatic carbocycles. The van der Waals surface area contributed by atoms with E-state index in [4.69, 9.17) is 0 Å². The van der Waals surface area contributed by atoms with Crippen LogP contribution < -0.4 is 5.32 Å². The van der Waals surface area contributed by atoms with Gasteiger partial charge in [0.05, 0.1) is 6.54 Å². The van der Waals surface area contributed by atoms with Gasteiger partial charge in [-0.3, -0.25) is 4.79 Å². The Morgan fingerprint density at radius 3 is 2.86 bits per heavy atom. The molecule has 0 bridgehead atoms. The molecule has 1 fully saturated rings. The zero-order chi connectivity index (χ0) is 9.97. The highest BCUT2D eigenvalue weighted by Crippen LogP contribution is 2.28. The quantitative estimate of drug-likeness (QED) is 0.831. The molecule has 0 aromatic heterocycles. The second kappa shape index (κ2) is 4.24. The average Bonchev–Trinajstić information content (AvgIpc) is 2.20. The highest BCUT2D eigenvalue weighted by molar-refractivity contribution is 9.10. The molecule has 1 aliphatic rings. The Kier molecular flexibility index (Phi) is 2.99. The first-order chi connectivity index (χ1) is 6.79. The molecule has 0 spiro atoms. The van der Waals surface area contributed by atoms with Crippen molar-refractivity contribution in [2.24, 2.45) is 0 Å². The van der Waals surface area contributed by atoms with Crippen molar-refractivity contribution in [1.82, 2.24) is 5.32 Å². The molecule has 14 heavy (non-hydrogen) atoms. The second-order valence-corrected chi connectivity index (χ2v) is 4.36. The van der Waals surface area contributed by atoms with Crippen molar-refractivity contribution in [3.8, 4) is 0 Å². The number of Topliss-reactive ketones (excluding diaryl/α,β-unsaturated/α-hetero) is 1. The van der Waals surface area contributed by atoms with Crippen molar-refractivity contribution in [1.29, 1.82) is 0 Å². The first-order valence-corrected chi connectivity index (χ1v) is 5.56. The lowest BCUT2D eigenvalue weighted by atomic mass is 9.89. The normalized spacial score (nSPS) is 22.4. The number of rotatable bonds is 1. The Balaban J connectivity index is 2.29. The number of hydrogen-bond donors (Lipinski definition) is 1. The van der Waals surface area contributed by atoms with E-state index in [9.17, 15) is 4.79 Å². The van der Waals surface area contributed by atoms with Crippen molar-refractivity contribution in [2.75, 3.05) is 13.1 Å². The molecule has 1 heterocycles. The van der Waals surface area contributed by atoms with Gasteiger partial charge in [-0.25, -0.2) is 0 Å². The Morgan fingerprint density at radius 2 is 2.14 bits per heavy atom. The molecule has 1 aromatic rings. The molecule has 0 radical (unpaired) electrons. The second-order valence-electron chi connectivity index (χ2n) is 3.51. The largest absolute Gasteiger partial charge is 0.310 e. The number of halogens is 1. The van der Waals surface area contributed by atoms with Crippen molar-refractivity contribution in [3.63, 3.8) is 0 Å². The van der Waals surface area contributed by atoms with Crippen LogP contribution in [0.1, 0.15) is 17.9 Å². The standard InChI is InChI=1S/C11H12BrNO/c12-10-4-2-1-3-8(10)9-5-6-13-7-11(9)14/h1-4,9,13H,5-7H2. The molecule has 1 saturated heterocycles. The lowest BCUT2D eigenvalue weighted by Crippen LogP contribution is -2.35. The number of hydrogen-bond acceptors (Lipinski definition) is 2. The van der Waals surface area contributed by atoms with Crippen LogP contribution in [-0.2, 0) is 4.79 Å². The van der Waals surface area contributed by atoms with Crippen molar-refractivity contribution < 1.29 is 4.79 Å². The monoisotopic (exact) mass is 253 g/mol. The van der Waals surface area contributed by atoms with E-state index in [1.165, 1.54) is 0 Å². The molecule has 1 aliphatic heterocycles. The maximum absolute atomic E-state index is 11.7. The predicted octanol–water partition coefficient (Wildman–Crippen LogP) is 2.10. The summed E-state index contributed by atoms with van der Waals surface area (Å²) in [6.45, 7) is 1.43. The molecular weight excluding hydrogens is 242 g/mol. The van der Waals surface area contributed by atoms with Crippen LogP contribution in [-0.4, -0.2) is 18.9 Å². The summed E-state index contributed by atoms with van der Waals surface area (Å²) in [4.78, 5) is 11.7. The molecule has 1 unspecified atom stereocenters. The highest BCUT2D eigenvalue weighted by Gasteiger charge is 2.24. The van der Waals surface area contributed by atoms with E-state index in [1.54, 1.807) is 0 Å². The first kappa shape index (κ1) is 9.87. The van der Waals surface area contributed by atoms with Crippen molar-refractivity contribution in [3.05, 3.63) is 34.3 Å². The number of benzene rings is 1. The van der Waals surface area contributed by atoms with Crippen LogP contribution in [0.25, 0.3) is 0 Å². The van der Waals surface area contributed by atoms with Crippen LogP contribution in [0.5, 0.6) is 0 Å². The molecule has 74 valence electrons. The van der Waals surface area contributed by atoms with Crippen LogP contribution in [0, 0.1) is 0 Å². The Labute approximate surface area is 91.8 Å². The van der Waals surface area contributed by atoms with Crippen LogP contribution in [0.15, 0.2) is 28.7 Å². The summed E-state index contributed by atoms with van der Waals surface area (Å²) >= 11 is 3.49. The van der Waals surface area contributed by atoms with Crippen LogP contribution in [0.2, 0.25) is 0 Å². The van der Waals surface area contributed by atoms with E-state index in [0.29, 0.717) is 12.3 Å². The third-order valence-corrected chi connectivity index (χ3v) is 3.30. The SMILES string of the molecule is O=C1CNCCC1c1ccccc1Br. The topological polar surface area (TPSA) is 29.1 Å². The minimum absolute atomic E-state index is 0.0758. The van der Waals surface area contributed by atoms with Crippen LogP contribution in [0.4, 0.5) is 0 Å². The molecule has 3 heteroatoms. The van der Waals surface area contributed by atoms with E-state index < -0.39 is 0 Å². The average molecular weight is 254 g/mol. The lowest BCUT2D eigenvalue weighted by molar-refractivity contribution is -0.120. The van der Waals surface area contributed by atoms with Gasteiger partial charge in [0.1, 0.15) is 0 Å². The van der Waals surface area contributed by atoms with Gasteiger partial charge in [-0.05, 0) is 24.6 Å². The van der Waals surface area contributed by atoms with Crippen molar-refractivity contribution in [2.45, 2.75) is 12.3 Å². The molecule has 2 nitrogen and oxygen atoms in total. The molecule has 0 amide bonds. The maximum Gasteiger partial charge on any atom is 0.154 e. The highest BCUT2D eigenvalue weighted by atomic mass is 79.9. The van der Waals surface area contributed by atoms with Gasteiger partial charge in [0.25, 0.3) is 0 Å². The molecule has 1 atom stereocenters. The van der Waals surface area contributed by atoms with E-state index >= 15 is 0 Å². The Hall–Kier alpha value is -0.670. The van der Waals surface area contributed by atoms with Gasteiger partial charge in [0, 0.05) is 10.4 Å². The summed E-state index contributed by atoms with van der Waals surface area (Å²) in [5.41, 5.74) is 1.12. The molecule has 1 N–H and O–H groups in total. The van der Waals surface area contributed by atoms with Gasteiger partial charge in [-0.2, -0.15) is 0 Å². The Bertz CT molecular complexity index is 351. The summed E-state index contributed by atoms with van der Waals surface area (Å²) in [6.07, 6.45) is 0.904. The number of nitrogens with one attached hydrogen (secondary N) is 1. The fourth-order valence-electron chi connectivity index (χ4n) is 1.83. The summed E-state index contributed by atoms with van der Waals surface area (Å²) in [6, 6.07) is 7.97. The number of carbonyl (C=O) groups excluding carboxylic acids is 1. The summed E-state index contributed by atoms with van der Waals surface area (Å²) < 4.78 is 1.04. The maximum atomic E-state index is 11.7.